The summed E-state index contributed by atoms with van der Waals surface area (Å²) in [6.07, 6.45) is 0. The Hall–Kier alpha value is -0.820. The monoisotopic (exact) mass is 318 g/mol. The van der Waals surface area contributed by atoms with E-state index in [2.05, 4.69) is 21.4 Å². The van der Waals surface area contributed by atoms with Crippen LogP contribution in [0.5, 0.6) is 0 Å². The second-order valence-electron chi connectivity index (χ2n) is 3.42. The van der Waals surface area contributed by atoms with Gasteiger partial charge in [0.2, 0.25) is 0 Å². The Balaban J connectivity index is 2.50. The molecule has 2 nitrogen and oxygen atoms in total. The Morgan fingerprint density at radius 1 is 1.24 bits per heavy atom. The molecule has 1 unspecified atom stereocenters. The fourth-order valence-corrected chi connectivity index (χ4v) is 3.14. The molecule has 0 fully saturated rings. The Kier molecular flexibility index (Phi) is 3.88. The van der Waals surface area contributed by atoms with Crippen LogP contribution in [0, 0.1) is 11.6 Å². The number of rotatable bonds is 3. The fourth-order valence-electron chi connectivity index (χ4n) is 1.59. The van der Waals surface area contributed by atoms with Crippen LogP contribution < -0.4 is 11.3 Å². The zero-order valence-corrected chi connectivity index (χ0v) is 11.0. The van der Waals surface area contributed by atoms with Crippen molar-refractivity contribution in [2.24, 2.45) is 5.84 Å². The Morgan fingerprint density at radius 2 is 2.00 bits per heavy atom. The number of nitrogens with two attached hydrogens (primary N) is 1. The number of hydrogen-bond donors (Lipinski definition) is 2. The summed E-state index contributed by atoms with van der Waals surface area (Å²) < 4.78 is 27.7. The average molecular weight is 319 g/mol. The SMILES string of the molecule is NNC(c1cscc1Br)c1cccc(F)c1F. The highest BCUT2D eigenvalue weighted by molar-refractivity contribution is 9.10. The van der Waals surface area contributed by atoms with Crippen LogP contribution in [0.4, 0.5) is 8.78 Å². The zero-order valence-electron chi connectivity index (χ0n) is 8.58. The maximum atomic E-state index is 13.7. The summed E-state index contributed by atoms with van der Waals surface area (Å²) in [5.74, 6) is 3.67. The Morgan fingerprint density at radius 3 is 2.59 bits per heavy atom. The van der Waals surface area contributed by atoms with Gasteiger partial charge in [-0.1, -0.05) is 12.1 Å². The van der Waals surface area contributed by atoms with Gasteiger partial charge in [-0.2, -0.15) is 11.3 Å². The summed E-state index contributed by atoms with van der Waals surface area (Å²) in [5, 5.41) is 3.69. The molecule has 3 N–H and O–H groups in total. The van der Waals surface area contributed by atoms with Crippen LogP contribution in [-0.2, 0) is 0 Å². The van der Waals surface area contributed by atoms with Gasteiger partial charge in [-0.15, -0.1) is 0 Å². The molecule has 1 atom stereocenters. The lowest BCUT2D eigenvalue weighted by Crippen LogP contribution is -2.29. The lowest BCUT2D eigenvalue weighted by atomic mass is 10.0. The van der Waals surface area contributed by atoms with Gasteiger partial charge in [-0.25, -0.2) is 14.2 Å². The van der Waals surface area contributed by atoms with Gasteiger partial charge in [0.15, 0.2) is 11.6 Å². The van der Waals surface area contributed by atoms with Crippen LogP contribution in [0.2, 0.25) is 0 Å². The molecule has 0 saturated heterocycles. The van der Waals surface area contributed by atoms with E-state index in [9.17, 15) is 8.78 Å². The Labute approximate surface area is 110 Å². The van der Waals surface area contributed by atoms with E-state index in [4.69, 9.17) is 5.84 Å². The van der Waals surface area contributed by atoms with Crippen LogP contribution in [0.1, 0.15) is 17.2 Å². The van der Waals surface area contributed by atoms with Crippen molar-refractivity contribution in [1.29, 1.82) is 0 Å². The molecule has 0 aliphatic rings. The molecule has 0 spiro atoms. The summed E-state index contributed by atoms with van der Waals surface area (Å²) in [7, 11) is 0. The first-order valence-electron chi connectivity index (χ1n) is 4.76. The third-order valence-corrected chi connectivity index (χ3v) is 4.16. The topological polar surface area (TPSA) is 38.0 Å². The summed E-state index contributed by atoms with van der Waals surface area (Å²) in [4.78, 5) is 0. The molecule has 1 heterocycles. The normalized spacial score (nSPS) is 12.7. The highest BCUT2D eigenvalue weighted by atomic mass is 79.9. The average Bonchev–Trinajstić information content (AvgIpc) is 2.72. The molecule has 17 heavy (non-hydrogen) atoms. The van der Waals surface area contributed by atoms with Crippen molar-refractivity contribution >= 4 is 27.3 Å². The number of hydrogen-bond acceptors (Lipinski definition) is 3. The third kappa shape index (κ3) is 2.40. The van der Waals surface area contributed by atoms with Gasteiger partial charge in [0.25, 0.3) is 0 Å². The van der Waals surface area contributed by atoms with Gasteiger partial charge in [-0.3, -0.25) is 5.84 Å². The lowest BCUT2D eigenvalue weighted by Gasteiger charge is -2.16. The van der Waals surface area contributed by atoms with Gasteiger partial charge < -0.3 is 0 Å². The molecule has 0 aliphatic heterocycles. The number of thiophene rings is 1. The molecule has 2 aromatic rings. The summed E-state index contributed by atoms with van der Waals surface area (Å²) in [6, 6.07) is 3.46. The smallest absolute Gasteiger partial charge is 0.163 e. The van der Waals surface area contributed by atoms with Crippen molar-refractivity contribution in [2.45, 2.75) is 6.04 Å². The van der Waals surface area contributed by atoms with Crippen molar-refractivity contribution in [1.82, 2.24) is 5.43 Å². The van der Waals surface area contributed by atoms with Crippen molar-refractivity contribution in [3.63, 3.8) is 0 Å². The van der Waals surface area contributed by atoms with Crippen molar-refractivity contribution in [3.8, 4) is 0 Å². The summed E-state index contributed by atoms with van der Waals surface area (Å²) in [5.41, 5.74) is 3.47. The zero-order chi connectivity index (χ0) is 12.4. The highest BCUT2D eigenvalue weighted by Gasteiger charge is 2.21. The maximum Gasteiger partial charge on any atom is 0.163 e. The van der Waals surface area contributed by atoms with Crippen molar-refractivity contribution in [2.75, 3.05) is 0 Å². The van der Waals surface area contributed by atoms with E-state index in [0.717, 1.165) is 16.1 Å². The van der Waals surface area contributed by atoms with Crippen LogP contribution in [0.25, 0.3) is 0 Å². The standard InChI is InChI=1S/C11H9BrF2N2S/c12-8-5-17-4-7(8)11(16-15)6-2-1-3-9(13)10(6)14/h1-5,11,16H,15H2. The molecule has 0 radical (unpaired) electrons. The van der Waals surface area contributed by atoms with Gasteiger partial charge in [0.1, 0.15) is 0 Å². The second-order valence-corrected chi connectivity index (χ2v) is 5.02. The molecule has 6 heteroatoms. The minimum Gasteiger partial charge on any atom is -0.271 e. The molecule has 0 bridgehead atoms. The van der Waals surface area contributed by atoms with E-state index in [1.54, 1.807) is 0 Å². The summed E-state index contributed by atoms with van der Waals surface area (Å²) >= 11 is 4.80. The summed E-state index contributed by atoms with van der Waals surface area (Å²) in [6.45, 7) is 0. The van der Waals surface area contributed by atoms with Crippen molar-refractivity contribution < 1.29 is 8.78 Å². The number of halogens is 3. The lowest BCUT2D eigenvalue weighted by molar-refractivity contribution is 0.483. The van der Waals surface area contributed by atoms with E-state index in [1.807, 2.05) is 10.8 Å². The molecule has 0 amide bonds. The predicted molar refractivity (Wildman–Crippen MR) is 67.5 cm³/mol. The third-order valence-electron chi connectivity index (χ3n) is 2.41. The first-order chi connectivity index (χ1) is 8.15. The van der Waals surface area contributed by atoms with Crippen LogP contribution >= 0.6 is 27.3 Å². The van der Waals surface area contributed by atoms with Crippen LogP contribution in [0.3, 0.4) is 0 Å². The molecule has 2 rings (SSSR count). The fraction of sp³-hybridized carbons (Fsp3) is 0.0909. The predicted octanol–water partition coefficient (Wildman–Crippen LogP) is 3.34. The first-order valence-corrected chi connectivity index (χ1v) is 6.50. The van der Waals surface area contributed by atoms with Crippen LogP contribution in [0.15, 0.2) is 33.4 Å². The molecule has 1 aromatic heterocycles. The molecular formula is C11H9BrF2N2S. The Bertz CT molecular complexity index is 530. The quantitative estimate of drug-likeness (QED) is 0.673. The van der Waals surface area contributed by atoms with E-state index in [-0.39, 0.29) is 5.56 Å². The van der Waals surface area contributed by atoms with Gasteiger partial charge in [0, 0.05) is 15.4 Å². The van der Waals surface area contributed by atoms with Crippen molar-refractivity contribution in [3.05, 3.63) is 56.2 Å². The first kappa shape index (κ1) is 12.6. The number of nitrogens with one attached hydrogen (secondary N) is 1. The minimum atomic E-state index is -0.881. The molecular weight excluding hydrogens is 310 g/mol. The second kappa shape index (κ2) is 5.22. The van der Waals surface area contributed by atoms with Gasteiger partial charge >= 0.3 is 0 Å². The van der Waals surface area contributed by atoms with E-state index in [0.29, 0.717) is 0 Å². The molecule has 0 aliphatic carbocycles. The van der Waals surface area contributed by atoms with Gasteiger partial charge in [0.05, 0.1) is 6.04 Å². The maximum absolute atomic E-state index is 13.7. The molecule has 1 aromatic carbocycles. The largest absolute Gasteiger partial charge is 0.271 e. The van der Waals surface area contributed by atoms with Gasteiger partial charge in [-0.05, 0) is 32.9 Å². The number of benzene rings is 1. The molecule has 90 valence electrons. The number of hydrazine groups is 1. The van der Waals surface area contributed by atoms with Crippen LogP contribution in [-0.4, -0.2) is 0 Å². The van der Waals surface area contributed by atoms with E-state index >= 15 is 0 Å². The molecule has 0 saturated carbocycles. The van der Waals surface area contributed by atoms with E-state index in [1.165, 1.54) is 23.5 Å². The highest BCUT2D eigenvalue weighted by Crippen LogP contribution is 2.32. The van der Waals surface area contributed by atoms with E-state index < -0.39 is 17.7 Å². The minimum absolute atomic E-state index is 0.187.